The molecule has 1 aliphatic rings. The summed E-state index contributed by atoms with van der Waals surface area (Å²) < 4.78 is 6.15. The molecule has 0 spiro atoms. The van der Waals surface area contributed by atoms with Gasteiger partial charge in [0.05, 0.1) is 5.92 Å². The molecule has 0 amide bonds. The average molecular weight is 353 g/mol. The van der Waals surface area contributed by atoms with Crippen molar-refractivity contribution in [2.24, 2.45) is 17.8 Å². The Hall–Kier alpha value is -1.16. The molecule has 114 valence electrons. The highest BCUT2D eigenvalue weighted by Gasteiger charge is 2.32. The highest BCUT2D eigenvalue weighted by atomic mass is 79.9. The fraction of sp³-hybridized carbons (Fsp3) is 0.529. The Kier molecular flexibility index (Phi) is 5.57. The van der Waals surface area contributed by atoms with Crippen LogP contribution >= 0.6 is 15.9 Å². The first-order valence-electron chi connectivity index (χ1n) is 7.42. The van der Waals surface area contributed by atoms with Crippen LogP contribution in [0.3, 0.4) is 0 Å². The van der Waals surface area contributed by atoms with Crippen molar-refractivity contribution in [3.05, 3.63) is 34.3 Å². The predicted octanol–water partition coefficient (Wildman–Crippen LogP) is 4.25. The van der Waals surface area contributed by atoms with Crippen LogP contribution in [0.25, 0.3) is 0 Å². The normalized spacial score (nSPS) is 25.4. The number of carbonyl (C=O) groups is 2. The van der Waals surface area contributed by atoms with E-state index in [0.29, 0.717) is 17.4 Å². The molecule has 0 heterocycles. The van der Waals surface area contributed by atoms with Gasteiger partial charge in [0.25, 0.3) is 0 Å². The summed E-state index contributed by atoms with van der Waals surface area (Å²) in [6.07, 6.45) is 2.98. The van der Waals surface area contributed by atoms with Gasteiger partial charge in [0, 0.05) is 10.0 Å². The van der Waals surface area contributed by atoms with Crippen molar-refractivity contribution >= 4 is 27.7 Å². The van der Waals surface area contributed by atoms with Gasteiger partial charge >= 0.3 is 5.97 Å². The van der Waals surface area contributed by atoms with Gasteiger partial charge in [-0.05, 0) is 43.2 Å². The highest BCUT2D eigenvalue weighted by Crippen LogP contribution is 2.34. The zero-order valence-electron chi connectivity index (χ0n) is 12.5. The van der Waals surface area contributed by atoms with Crippen LogP contribution in [0.5, 0.6) is 0 Å². The van der Waals surface area contributed by atoms with Gasteiger partial charge in [0.1, 0.15) is 0 Å². The maximum absolute atomic E-state index is 12.1. The van der Waals surface area contributed by atoms with Crippen molar-refractivity contribution in [3.8, 4) is 0 Å². The molecule has 0 saturated heterocycles. The lowest BCUT2D eigenvalue weighted by Crippen LogP contribution is -2.31. The van der Waals surface area contributed by atoms with Crippen LogP contribution in [0.2, 0.25) is 0 Å². The number of esters is 1. The molecule has 1 fully saturated rings. The molecular formula is C17H21BrO3. The van der Waals surface area contributed by atoms with E-state index in [2.05, 4.69) is 29.8 Å². The van der Waals surface area contributed by atoms with E-state index in [1.807, 2.05) is 0 Å². The van der Waals surface area contributed by atoms with E-state index in [1.165, 1.54) is 0 Å². The summed E-state index contributed by atoms with van der Waals surface area (Å²) in [5, 5.41) is 0. The molecule has 2 rings (SSSR count). The molecule has 0 N–H and O–H groups in total. The fourth-order valence-corrected chi connectivity index (χ4v) is 3.24. The molecule has 1 saturated carbocycles. The van der Waals surface area contributed by atoms with Crippen LogP contribution < -0.4 is 0 Å². The monoisotopic (exact) mass is 352 g/mol. The van der Waals surface area contributed by atoms with Gasteiger partial charge in [0.2, 0.25) is 0 Å². The van der Waals surface area contributed by atoms with Gasteiger partial charge in [-0.2, -0.15) is 0 Å². The second-order valence-electron chi connectivity index (χ2n) is 6.04. The SMILES string of the molecule is C[C@@H]1CC[C@H](C(=O)OCC(=O)c2ccc(Br)cc2)[C@H](C)C1. The number of halogens is 1. The second kappa shape index (κ2) is 7.21. The van der Waals surface area contributed by atoms with Crippen LogP contribution in [0, 0.1) is 17.8 Å². The van der Waals surface area contributed by atoms with Gasteiger partial charge in [-0.15, -0.1) is 0 Å². The lowest BCUT2D eigenvalue weighted by Gasteiger charge is -2.30. The van der Waals surface area contributed by atoms with E-state index in [4.69, 9.17) is 4.74 Å². The summed E-state index contributed by atoms with van der Waals surface area (Å²) in [6.45, 7) is 4.15. The topological polar surface area (TPSA) is 43.4 Å². The van der Waals surface area contributed by atoms with Crippen LogP contribution in [-0.4, -0.2) is 18.4 Å². The van der Waals surface area contributed by atoms with E-state index in [9.17, 15) is 9.59 Å². The lowest BCUT2D eigenvalue weighted by molar-refractivity contribution is -0.150. The summed E-state index contributed by atoms with van der Waals surface area (Å²) >= 11 is 3.32. The molecule has 1 aromatic rings. The summed E-state index contributed by atoms with van der Waals surface area (Å²) in [6, 6.07) is 7.07. The molecule has 4 heteroatoms. The lowest BCUT2D eigenvalue weighted by atomic mass is 9.76. The number of carbonyl (C=O) groups excluding carboxylic acids is 2. The van der Waals surface area contributed by atoms with Crippen LogP contribution in [-0.2, 0) is 9.53 Å². The molecule has 0 radical (unpaired) electrons. The minimum atomic E-state index is -0.222. The molecule has 1 aromatic carbocycles. The Morgan fingerprint density at radius 2 is 1.86 bits per heavy atom. The fourth-order valence-electron chi connectivity index (χ4n) is 2.98. The van der Waals surface area contributed by atoms with Crippen LogP contribution in [0.1, 0.15) is 43.5 Å². The number of hydrogen-bond acceptors (Lipinski definition) is 3. The Balaban J connectivity index is 1.86. The second-order valence-corrected chi connectivity index (χ2v) is 6.96. The minimum absolute atomic E-state index is 0.0566. The molecule has 0 unspecified atom stereocenters. The van der Waals surface area contributed by atoms with Gasteiger partial charge in [0.15, 0.2) is 12.4 Å². The first-order chi connectivity index (χ1) is 9.97. The van der Waals surface area contributed by atoms with Crippen LogP contribution in [0.4, 0.5) is 0 Å². The van der Waals surface area contributed by atoms with E-state index >= 15 is 0 Å². The van der Waals surface area contributed by atoms with Gasteiger partial charge in [-0.1, -0.05) is 41.9 Å². The number of ether oxygens (including phenoxy) is 1. The van der Waals surface area contributed by atoms with E-state index in [-0.39, 0.29) is 24.3 Å². The van der Waals surface area contributed by atoms with Gasteiger partial charge < -0.3 is 4.74 Å². The highest BCUT2D eigenvalue weighted by molar-refractivity contribution is 9.10. The van der Waals surface area contributed by atoms with Crippen LogP contribution in [0.15, 0.2) is 28.7 Å². The Labute approximate surface area is 134 Å². The first kappa shape index (κ1) is 16.2. The zero-order valence-corrected chi connectivity index (χ0v) is 14.1. The number of Topliss-reactive ketones (excluding diaryl/α,β-unsaturated/α-hetero) is 1. The number of ketones is 1. The molecule has 0 aromatic heterocycles. The smallest absolute Gasteiger partial charge is 0.309 e. The summed E-state index contributed by atoms with van der Waals surface area (Å²) in [5.41, 5.74) is 0.566. The summed E-state index contributed by atoms with van der Waals surface area (Å²) in [7, 11) is 0. The molecular weight excluding hydrogens is 332 g/mol. The number of benzene rings is 1. The molecule has 0 bridgehead atoms. The maximum atomic E-state index is 12.1. The number of hydrogen-bond donors (Lipinski definition) is 0. The number of rotatable bonds is 4. The largest absolute Gasteiger partial charge is 0.457 e. The van der Waals surface area contributed by atoms with Crippen molar-refractivity contribution in [1.82, 2.24) is 0 Å². The van der Waals surface area contributed by atoms with Crippen molar-refractivity contribution in [2.75, 3.05) is 6.61 Å². The molecule has 0 aliphatic heterocycles. The molecule has 3 nitrogen and oxygen atoms in total. The zero-order chi connectivity index (χ0) is 15.4. The first-order valence-corrected chi connectivity index (χ1v) is 8.22. The Bertz CT molecular complexity index is 509. The Morgan fingerprint density at radius 1 is 1.19 bits per heavy atom. The van der Waals surface area contributed by atoms with Gasteiger partial charge in [-0.25, -0.2) is 0 Å². The van der Waals surface area contributed by atoms with E-state index in [0.717, 1.165) is 23.7 Å². The Morgan fingerprint density at radius 3 is 2.48 bits per heavy atom. The minimum Gasteiger partial charge on any atom is -0.457 e. The molecule has 3 atom stereocenters. The van der Waals surface area contributed by atoms with E-state index in [1.54, 1.807) is 24.3 Å². The van der Waals surface area contributed by atoms with Crippen molar-refractivity contribution in [1.29, 1.82) is 0 Å². The average Bonchev–Trinajstić information content (AvgIpc) is 2.45. The molecule has 1 aliphatic carbocycles. The van der Waals surface area contributed by atoms with Crippen molar-refractivity contribution in [3.63, 3.8) is 0 Å². The summed E-state index contributed by atoms with van der Waals surface area (Å²) in [5.74, 6) is 0.573. The predicted molar refractivity (Wildman–Crippen MR) is 85.1 cm³/mol. The third-order valence-corrected chi connectivity index (χ3v) is 4.77. The third-order valence-electron chi connectivity index (χ3n) is 4.25. The quantitative estimate of drug-likeness (QED) is 0.600. The standard InChI is InChI=1S/C17H21BrO3/c1-11-3-8-15(12(2)9-11)17(20)21-10-16(19)13-4-6-14(18)7-5-13/h4-7,11-12,15H,3,8-10H2,1-2H3/t11-,12-,15+/m1/s1. The summed E-state index contributed by atoms with van der Waals surface area (Å²) in [4.78, 5) is 24.1. The van der Waals surface area contributed by atoms with Crippen molar-refractivity contribution in [2.45, 2.75) is 33.1 Å². The molecule has 21 heavy (non-hydrogen) atoms. The van der Waals surface area contributed by atoms with E-state index < -0.39 is 0 Å². The third kappa shape index (κ3) is 4.40. The maximum Gasteiger partial charge on any atom is 0.309 e. The van der Waals surface area contributed by atoms with Gasteiger partial charge in [-0.3, -0.25) is 9.59 Å². The van der Waals surface area contributed by atoms with Crippen molar-refractivity contribution < 1.29 is 14.3 Å².